The highest BCUT2D eigenvalue weighted by Crippen LogP contribution is 2.17. The first kappa shape index (κ1) is 22.4. The lowest BCUT2D eigenvalue weighted by Gasteiger charge is -2.17. The summed E-state index contributed by atoms with van der Waals surface area (Å²) in [6.45, 7) is 9.55. The number of aromatic nitrogens is 1. The van der Waals surface area contributed by atoms with Gasteiger partial charge < -0.3 is 10.6 Å². The molecule has 25 heavy (non-hydrogen) atoms. The van der Waals surface area contributed by atoms with E-state index in [-0.39, 0.29) is 24.0 Å². The Morgan fingerprint density at radius 3 is 2.52 bits per heavy atom. The number of nitrogens with one attached hydrogen (secondary N) is 2. The number of hydrogen-bond acceptors (Lipinski definition) is 4. The Labute approximate surface area is 176 Å². The molecule has 0 saturated carbocycles. The molecule has 2 rings (SSSR count). The van der Waals surface area contributed by atoms with Crippen molar-refractivity contribution < 1.29 is 0 Å². The minimum atomic E-state index is 0. The van der Waals surface area contributed by atoms with Crippen molar-refractivity contribution in [2.75, 3.05) is 7.05 Å². The summed E-state index contributed by atoms with van der Waals surface area (Å²) in [5, 5.41) is 8.06. The molecule has 0 amide bonds. The lowest BCUT2D eigenvalue weighted by Crippen LogP contribution is -2.42. The average molecular weight is 492 g/mol. The third kappa shape index (κ3) is 8.04. The number of nitrogens with zero attached hydrogens (tertiary/aromatic N) is 2. The number of thiazole rings is 1. The second-order valence-electron chi connectivity index (χ2n) is 6.51. The Bertz CT molecular complexity index is 664. The van der Waals surface area contributed by atoms with Gasteiger partial charge in [0.05, 0.1) is 11.6 Å². The largest absolute Gasteiger partial charge is 0.354 e. The van der Waals surface area contributed by atoms with E-state index in [1.165, 1.54) is 19.6 Å². The molecular formula is C18H29IN4S2. The number of halogens is 1. The van der Waals surface area contributed by atoms with Gasteiger partial charge >= 0.3 is 0 Å². The smallest absolute Gasteiger partial charge is 0.191 e. The van der Waals surface area contributed by atoms with E-state index >= 15 is 0 Å². The maximum atomic E-state index is 4.50. The van der Waals surface area contributed by atoms with Crippen molar-refractivity contribution in [1.82, 2.24) is 15.6 Å². The third-order valence-corrected chi connectivity index (χ3v) is 5.57. The van der Waals surface area contributed by atoms with Gasteiger partial charge in [0.25, 0.3) is 0 Å². The number of hydrogen-bond donors (Lipinski definition) is 2. The number of aliphatic imine (C=N–C) groups is 1. The van der Waals surface area contributed by atoms with Gasteiger partial charge in [-0.25, -0.2) is 4.98 Å². The lowest BCUT2D eigenvalue weighted by molar-refractivity contribution is 0.644. The molecule has 2 aromatic rings. The third-order valence-electron chi connectivity index (χ3n) is 3.52. The summed E-state index contributed by atoms with van der Waals surface area (Å²) >= 11 is 3.64. The first-order valence-corrected chi connectivity index (χ1v) is 10.1. The Kier molecular flexibility index (Phi) is 9.96. The first-order valence-electron chi connectivity index (χ1n) is 8.42. The summed E-state index contributed by atoms with van der Waals surface area (Å²) in [6.07, 6.45) is 4.04. The predicted molar refractivity (Wildman–Crippen MR) is 122 cm³/mol. The van der Waals surface area contributed by atoms with Gasteiger partial charge in [0, 0.05) is 46.8 Å². The molecule has 7 heteroatoms. The molecule has 0 saturated heterocycles. The van der Waals surface area contributed by atoms with Crippen LogP contribution in [0.3, 0.4) is 0 Å². The van der Waals surface area contributed by atoms with E-state index in [4.69, 9.17) is 0 Å². The lowest BCUT2D eigenvalue weighted by atomic mass is 10.1. The average Bonchev–Trinajstić information content (AvgIpc) is 3.12. The maximum absolute atomic E-state index is 4.50. The van der Waals surface area contributed by atoms with E-state index < -0.39 is 0 Å². The topological polar surface area (TPSA) is 49.3 Å². The molecule has 0 aliphatic rings. The van der Waals surface area contributed by atoms with Gasteiger partial charge in [-0.15, -0.1) is 46.7 Å². The molecule has 2 aromatic heterocycles. The van der Waals surface area contributed by atoms with Crippen LogP contribution in [-0.4, -0.2) is 24.0 Å². The quantitative estimate of drug-likeness (QED) is 0.337. The molecule has 0 fully saturated rings. The van der Waals surface area contributed by atoms with Crippen LogP contribution in [0.1, 0.15) is 40.4 Å². The van der Waals surface area contributed by atoms with E-state index in [9.17, 15) is 0 Å². The molecule has 1 unspecified atom stereocenters. The van der Waals surface area contributed by atoms with E-state index in [0.29, 0.717) is 12.0 Å². The Morgan fingerprint density at radius 2 is 1.92 bits per heavy atom. The Morgan fingerprint density at radius 1 is 1.16 bits per heavy atom. The summed E-state index contributed by atoms with van der Waals surface area (Å²) in [4.78, 5) is 12.8. The molecule has 0 bridgehead atoms. The van der Waals surface area contributed by atoms with Crippen molar-refractivity contribution in [2.45, 2.75) is 53.1 Å². The van der Waals surface area contributed by atoms with Crippen molar-refractivity contribution >= 4 is 52.6 Å². The molecule has 0 spiro atoms. The zero-order valence-corrected chi connectivity index (χ0v) is 19.6. The Hall–Kier alpha value is -0.670. The molecular weight excluding hydrogens is 463 g/mol. The van der Waals surface area contributed by atoms with E-state index in [2.05, 4.69) is 60.4 Å². The summed E-state index contributed by atoms with van der Waals surface area (Å²) in [6, 6.07) is 4.73. The maximum Gasteiger partial charge on any atom is 0.191 e. The number of rotatable bonds is 7. The second kappa shape index (κ2) is 11.1. The van der Waals surface area contributed by atoms with Crippen LogP contribution in [-0.2, 0) is 19.4 Å². The highest BCUT2D eigenvalue weighted by Gasteiger charge is 2.09. The van der Waals surface area contributed by atoms with Gasteiger partial charge in [-0.05, 0) is 31.9 Å². The highest BCUT2D eigenvalue weighted by atomic mass is 127. The van der Waals surface area contributed by atoms with Crippen molar-refractivity contribution in [3.05, 3.63) is 38.0 Å². The molecule has 0 radical (unpaired) electrons. The molecule has 2 N–H and O–H groups in total. The minimum absolute atomic E-state index is 0. The van der Waals surface area contributed by atoms with E-state index in [0.717, 1.165) is 25.3 Å². The monoisotopic (exact) mass is 492 g/mol. The molecule has 4 nitrogen and oxygen atoms in total. The standard InChI is InChI=1S/C18H28N4S2.HI/c1-12(2)8-17-20-10-16(24-17)11-21-18(19-5)22-13(3)9-15-7-6-14(4)23-15;/h6-7,10,12-13H,8-9,11H2,1-5H3,(H2,19,21,22);1H. The van der Waals surface area contributed by atoms with Crippen LogP contribution in [0.15, 0.2) is 23.3 Å². The highest BCUT2D eigenvalue weighted by molar-refractivity contribution is 14.0. The molecule has 0 aliphatic heterocycles. The zero-order valence-electron chi connectivity index (χ0n) is 15.6. The van der Waals surface area contributed by atoms with Gasteiger partial charge in [0.1, 0.15) is 0 Å². The molecule has 140 valence electrons. The van der Waals surface area contributed by atoms with Crippen molar-refractivity contribution in [3.63, 3.8) is 0 Å². The van der Waals surface area contributed by atoms with Crippen LogP contribution in [0.4, 0.5) is 0 Å². The first-order chi connectivity index (χ1) is 11.5. The van der Waals surface area contributed by atoms with Crippen molar-refractivity contribution in [1.29, 1.82) is 0 Å². The number of guanidine groups is 1. The van der Waals surface area contributed by atoms with Crippen LogP contribution < -0.4 is 10.6 Å². The fourth-order valence-corrected chi connectivity index (χ4v) is 4.51. The van der Waals surface area contributed by atoms with Gasteiger partial charge in [-0.2, -0.15) is 0 Å². The number of thiophene rings is 1. The van der Waals surface area contributed by atoms with Crippen LogP contribution in [0.25, 0.3) is 0 Å². The zero-order chi connectivity index (χ0) is 17.5. The predicted octanol–water partition coefficient (Wildman–Crippen LogP) is 4.63. The normalized spacial score (nSPS) is 12.8. The van der Waals surface area contributed by atoms with E-state index in [1.54, 1.807) is 11.3 Å². The van der Waals surface area contributed by atoms with Crippen molar-refractivity contribution in [2.24, 2.45) is 10.9 Å². The summed E-state index contributed by atoms with van der Waals surface area (Å²) in [5.41, 5.74) is 0. The van der Waals surface area contributed by atoms with Crippen molar-refractivity contribution in [3.8, 4) is 0 Å². The molecule has 0 aliphatic carbocycles. The molecule has 0 aromatic carbocycles. The Balaban J connectivity index is 0.00000312. The molecule has 2 heterocycles. The van der Waals surface area contributed by atoms with Gasteiger partial charge in [-0.1, -0.05) is 13.8 Å². The van der Waals surface area contributed by atoms with Gasteiger partial charge in [0.2, 0.25) is 0 Å². The minimum Gasteiger partial charge on any atom is -0.354 e. The van der Waals surface area contributed by atoms with Gasteiger partial charge in [-0.3, -0.25) is 4.99 Å². The van der Waals surface area contributed by atoms with Crippen LogP contribution in [0.2, 0.25) is 0 Å². The fraction of sp³-hybridized carbons (Fsp3) is 0.556. The van der Waals surface area contributed by atoms with Crippen LogP contribution >= 0.6 is 46.7 Å². The summed E-state index contributed by atoms with van der Waals surface area (Å²) < 4.78 is 0. The van der Waals surface area contributed by atoms with Crippen LogP contribution in [0.5, 0.6) is 0 Å². The summed E-state index contributed by atoms with van der Waals surface area (Å²) in [5.74, 6) is 1.49. The SMILES string of the molecule is CN=C(NCc1cnc(CC(C)C)s1)NC(C)Cc1ccc(C)s1.I. The number of aryl methyl sites for hydroxylation is 1. The van der Waals surface area contributed by atoms with Crippen LogP contribution in [0, 0.1) is 12.8 Å². The van der Waals surface area contributed by atoms with E-state index in [1.807, 2.05) is 24.6 Å². The van der Waals surface area contributed by atoms with Gasteiger partial charge in [0.15, 0.2) is 5.96 Å². The second-order valence-corrected chi connectivity index (χ2v) is 9.08. The summed E-state index contributed by atoms with van der Waals surface area (Å²) in [7, 11) is 1.81. The molecule has 1 atom stereocenters. The fourth-order valence-electron chi connectivity index (χ4n) is 2.42.